The first-order chi connectivity index (χ1) is 19.8. The molecule has 0 bridgehead atoms. The molecular weight excluding hydrogens is 528 g/mol. The maximum atomic E-state index is 15.1. The Morgan fingerprint density at radius 3 is 2.66 bits per heavy atom. The summed E-state index contributed by atoms with van der Waals surface area (Å²) in [6.07, 6.45) is 7.35. The third kappa shape index (κ3) is 5.73. The highest BCUT2D eigenvalue weighted by Crippen LogP contribution is 2.38. The first-order valence-corrected chi connectivity index (χ1v) is 14.2. The van der Waals surface area contributed by atoms with Crippen molar-refractivity contribution in [3.8, 4) is 17.0 Å². The molecule has 2 aliphatic heterocycles. The lowest BCUT2D eigenvalue weighted by molar-refractivity contribution is 0.133. The van der Waals surface area contributed by atoms with E-state index in [0.717, 1.165) is 63.8 Å². The molecule has 4 aromatic rings. The van der Waals surface area contributed by atoms with Crippen molar-refractivity contribution in [2.24, 2.45) is 5.92 Å². The van der Waals surface area contributed by atoms with E-state index in [1.54, 1.807) is 18.3 Å². The van der Waals surface area contributed by atoms with Crippen LogP contribution in [0, 0.1) is 17.6 Å². The van der Waals surface area contributed by atoms with Crippen LogP contribution in [0.15, 0.2) is 36.7 Å². The van der Waals surface area contributed by atoms with Crippen LogP contribution < -0.4 is 10.1 Å². The van der Waals surface area contributed by atoms with E-state index in [9.17, 15) is 4.39 Å². The van der Waals surface area contributed by atoms with E-state index in [2.05, 4.69) is 44.0 Å². The molecule has 2 aliphatic rings. The fourth-order valence-electron chi connectivity index (χ4n) is 5.86. The van der Waals surface area contributed by atoms with E-state index in [4.69, 9.17) is 9.84 Å². The molecule has 41 heavy (non-hydrogen) atoms. The third-order valence-corrected chi connectivity index (χ3v) is 8.17. The van der Waals surface area contributed by atoms with Crippen LogP contribution in [0.2, 0.25) is 0 Å². The quantitative estimate of drug-likeness (QED) is 0.291. The topological polar surface area (TPSA) is 101 Å². The molecule has 0 atom stereocenters. The molecule has 6 rings (SSSR count). The third-order valence-electron chi connectivity index (χ3n) is 8.17. The van der Waals surface area contributed by atoms with Crippen molar-refractivity contribution in [3.05, 3.63) is 54.1 Å². The fraction of sp³-hybridized carbons (Fsp3) is 0.467. The summed E-state index contributed by atoms with van der Waals surface area (Å²) in [5, 5.41) is 12.0. The number of aryl methyl sites for hydroxylation is 1. The van der Waals surface area contributed by atoms with Crippen molar-refractivity contribution < 1.29 is 18.6 Å². The lowest BCUT2D eigenvalue weighted by atomic mass is 9.98. The number of aliphatic hydroxyl groups excluding tert-OH is 1. The van der Waals surface area contributed by atoms with Gasteiger partial charge in [-0.3, -0.25) is 0 Å². The number of likely N-dealkylation sites (tertiary alicyclic amines) is 1. The summed E-state index contributed by atoms with van der Waals surface area (Å²) >= 11 is 0. The van der Waals surface area contributed by atoms with Crippen LogP contribution in [0.3, 0.4) is 0 Å². The number of benzene rings is 1. The fourth-order valence-corrected chi connectivity index (χ4v) is 5.86. The summed E-state index contributed by atoms with van der Waals surface area (Å²) in [5.74, 6) is 1.46. The Hall–Kier alpha value is -3.70. The van der Waals surface area contributed by atoms with E-state index < -0.39 is 11.6 Å². The Balaban J connectivity index is 1.13. The smallest absolute Gasteiger partial charge is 0.229 e. The molecule has 1 saturated heterocycles. The molecule has 0 saturated carbocycles. The largest absolute Gasteiger partial charge is 0.492 e. The number of aliphatic hydroxyl groups is 1. The predicted octanol–water partition coefficient (Wildman–Crippen LogP) is 5.06. The molecule has 216 valence electrons. The van der Waals surface area contributed by atoms with Gasteiger partial charge in [-0.2, -0.15) is 0 Å². The van der Waals surface area contributed by atoms with Gasteiger partial charge >= 0.3 is 0 Å². The number of fused-ring (bicyclic) bond motifs is 3. The van der Waals surface area contributed by atoms with E-state index in [0.29, 0.717) is 40.7 Å². The number of imidazole rings is 1. The molecule has 0 amide bonds. The number of hydrogen-bond acceptors (Lipinski definition) is 8. The number of nitrogens with zero attached hydrogens (tertiary/aromatic N) is 6. The van der Waals surface area contributed by atoms with Crippen molar-refractivity contribution in [3.63, 3.8) is 0 Å². The maximum Gasteiger partial charge on any atom is 0.229 e. The van der Waals surface area contributed by atoms with Crippen LogP contribution in [-0.2, 0) is 12.0 Å². The Bertz CT molecular complexity index is 1530. The number of pyridine rings is 1. The van der Waals surface area contributed by atoms with Crippen LogP contribution in [0.1, 0.15) is 45.4 Å². The number of aromatic nitrogens is 5. The van der Waals surface area contributed by atoms with Crippen molar-refractivity contribution in [2.45, 2.75) is 51.5 Å². The lowest BCUT2D eigenvalue weighted by Gasteiger charge is -2.31. The van der Waals surface area contributed by atoms with Gasteiger partial charge in [0.15, 0.2) is 11.6 Å². The normalized spacial score (nSPS) is 17.2. The van der Waals surface area contributed by atoms with Gasteiger partial charge < -0.3 is 24.6 Å². The number of hydrogen-bond donors (Lipinski definition) is 2. The summed E-state index contributed by atoms with van der Waals surface area (Å²) in [4.78, 5) is 19.7. The second kappa shape index (κ2) is 11.3. The maximum absolute atomic E-state index is 15.1. The molecule has 0 radical (unpaired) electrons. The van der Waals surface area contributed by atoms with Gasteiger partial charge in [0.25, 0.3) is 0 Å². The Morgan fingerprint density at radius 2 is 1.90 bits per heavy atom. The second-order valence-electron chi connectivity index (χ2n) is 11.6. The molecule has 11 heteroatoms. The van der Waals surface area contributed by atoms with Crippen molar-refractivity contribution in [2.75, 3.05) is 38.2 Å². The number of rotatable bonds is 9. The first kappa shape index (κ1) is 27.5. The molecule has 5 heterocycles. The van der Waals surface area contributed by atoms with Gasteiger partial charge in [0, 0.05) is 30.7 Å². The second-order valence-corrected chi connectivity index (χ2v) is 11.6. The van der Waals surface area contributed by atoms with Crippen molar-refractivity contribution in [1.29, 1.82) is 0 Å². The highest BCUT2D eigenvalue weighted by molar-refractivity contribution is 5.83. The number of nitrogens with one attached hydrogen (secondary N) is 1. The van der Waals surface area contributed by atoms with E-state index in [-0.39, 0.29) is 23.8 Å². The molecule has 0 aliphatic carbocycles. The van der Waals surface area contributed by atoms with Gasteiger partial charge in [-0.05, 0) is 82.8 Å². The monoisotopic (exact) mass is 563 g/mol. The number of halogens is 2. The Labute approximate surface area is 237 Å². The molecule has 2 N–H and O–H groups in total. The van der Waals surface area contributed by atoms with Crippen LogP contribution in [-0.4, -0.2) is 67.4 Å². The van der Waals surface area contributed by atoms with Crippen LogP contribution >= 0.6 is 0 Å². The van der Waals surface area contributed by atoms with Gasteiger partial charge in [-0.25, -0.2) is 28.7 Å². The molecule has 9 nitrogen and oxygen atoms in total. The summed E-state index contributed by atoms with van der Waals surface area (Å²) in [5.41, 5.74) is 1.04. The lowest BCUT2D eigenvalue weighted by Crippen LogP contribution is -2.36. The SMILES string of the molecule is CC1(C)CCc2nc3c(F)cc(-c4nc(Nc5ccc(OCC6CCN(CCCO)CC6)cn5)ncc4F)cc3n21. The molecule has 0 unspecified atom stereocenters. The average Bonchev–Trinajstić information content (AvgIpc) is 3.50. The van der Waals surface area contributed by atoms with Crippen LogP contribution in [0.25, 0.3) is 22.3 Å². The van der Waals surface area contributed by atoms with Gasteiger partial charge in [0.1, 0.15) is 28.6 Å². The first-order valence-electron chi connectivity index (χ1n) is 14.2. The van der Waals surface area contributed by atoms with Crippen LogP contribution in [0.5, 0.6) is 5.75 Å². The minimum absolute atomic E-state index is 0.00276. The van der Waals surface area contributed by atoms with Crippen molar-refractivity contribution in [1.82, 2.24) is 29.4 Å². The minimum atomic E-state index is -0.648. The summed E-state index contributed by atoms with van der Waals surface area (Å²) in [6, 6.07) is 6.60. The standard InChI is InChI=1S/C30H35F2N7O2/c1-30(2)9-6-26-36-28-22(31)14-20(15-24(28)39(26)30)27-23(32)17-34-29(37-27)35-25-5-4-21(16-33-25)41-18-19-7-11-38(12-8-19)10-3-13-40/h4-5,14-17,19,40H,3,6-13,18H2,1-2H3,(H,33,34,35,37). The molecule has 1 fully saturated rings. The van der Waals surface area contributed by atoms with Gasteiger partial charge in [-0.1, -0.05) is 0 Å². The zero-order chi connectivity index (χ0) is 28.6. The number of ether oxygens (including phenoxy) is 1. The Kier molecular flexibility index (Phi) is 7.56. The summed E-state index contributed by atoms with van der Waals surface area (Å²) < 4.78 is 38.0. The highest BCUT2D eigenvalue weighted by Gasteiger charge is 2.33. The van der Waals surface area contributed by atoms with Crippen LogP contribution in [0.4, 0.5) is 20.5 Å². The number of anilines is 2. The highest BCUT2D eigenvalue weighted by atomic mass is 19.1. The predicted molar refractivity (Wildman–Crippen MR) is 152 cm³/mol. The molecule has 0 spiro atoms. The zero-order valence-electron chi connectivity index (χ0n) is 23.4. The molecular formula is C30H35F2N7O2. The average molecular weight is 564 g/mol. The number of piperidine rings is 1. The van der Waals surface area contributed by atoms with Gasteiger partial charge in [0.2, 0.25) is 5.95 Å². The van der Waals surface area contributed by atoms with Crippen molar-refractivity contribution >= 4 is 22.8 Å². The summed E-state index contributed by atoms with van der Waals surface area (Å²) in [6.45, 7) is 8.05. The van der Waals surface area contributed by atoms with E-state index in [1.165, 1.54) is 6.07 Å². The molecule has 3 aromatic heterocycles. The van der Waals surface area contributed by atoms with Gasteiger partial charge in [0.05, 0.1) is 24.5 Å². The van der Waals surface area contributed by atoms with Gasteiger partial charge in [-0.15, -0.1) is 0 Å². The summed E-state index contributed by atoms with van der Waals surface area (Å²) in [7, 11) is 0. The van der Waals surface area contributed by atoms with E-state index >= 15 is 4.39 Å². The molecule has 1 aromatic carbocycles. The zero-order valence-corrected chi connectivity index (χ0v) is 23.4. The Morgan fingerprint density at radius 1 is 1.07 bits per heavy atom. The van der Waals surface area contributed by atoms with E-state index in [1.807, 2.05) is 10.6 Å². The minimum Gasteiger partial charge on any atom is -0.492 e.